The van der Waals surface area contributed by atoms with E-state index in [4.69, 9.17) is 0 Å². The summed E-state index contributed by atoms with van der Waals surface area (Å²) >= 11 is 1.49. The van der Waals surface area contributed by atoms with Crippen molar-refractivity contribution in [3.8, 4) is 10.7 Å². The predicted octanol–water partition coefficient (Wildman–Crippen LogP) is 2.90. The van der Waals surface area contributed by atoms with Gasteiger partial charge in [-0.1, -0.05) is 6.07 Å². The Hall–Kier alpha value is -1.79. The van der Waals surface area contributed by atoms with Gasteiger partial charge in [-0.25, -0.2) is 4.98 Å². The molecule has 4 heterocycles. The molecule has 2 atom stereocenters. The summed E-state index contributed by atoms with van der Waals surface area (Å²) < 4.78 is 0. The highest BCUT2D eigenvalue weighted by atomic mass is 32.1. The van der Waals surface area contributed by atoms with Gasteiger partial charge in [0.05, 0.1) is 5.69 Å². The van der Waals surface area contributed by atoms with Gasteiger partial charge in [-0.05, 0) is 51.4 Å². The first kappa shape index (κ1) is 15.7. The smallest absolute Gasteiger partial charge is 0.273 e. The van der Waals surface area contributed by atoms with Gasteiger partial charge in [0.1, 0.15) is 10.7 Å². The van der Waals surface area contributed by atoms with Gasteiger partial charge in [0.25, 0.3) is 5.91 Å². The number of rotatable bonds is 3. The third kappa shape index (κ3) is 2.84. The average Bonchev–Trinajstić information content (AvgIpc) is 3.35. The molecule has 2 aromatic heterocycles. The molecule has 0 aromatic carbocycles. The Morgan fingerprint density at radius 3 is 2.79 bits per heavy atom. The number of likely N-dealkylation sites (tertiary alicyclic amines) is 2. The quantitative estimate of drug-likeness (QED) is 0.860. The molecule has 2 aliphatic heterocycles. The SMILES string of the molecule is CN1CCCC1C1CCCN1C(=O)c1csc(-c2ccccn2)n1. The number of pyridine rings is 1. The molecule has 2 unspecified atom stereocenters. The van der Waals surface area contributed by atoms with Gasteiger partial charge < -0.3 is 9.80 Å². The fourth-order valence-corrected chi connectivity index (χ4v) is 4.76. The van der Waals surface area contributed by atoms with Gasteiger partial charge in [0, 0.05) is 30.2 Å². The van der Waals surface area contributed by atoms with Crippen LogP contribution in [0.2, 0.25) is 0 Å². The van der Waals surface area contributed by atoms with Crippen LogP contribution in [-0.2, 0) is 0 Å². The lowest BCUT2D eigenvalue weighted by atomic mass is 10.0. The number of thiazole rings is 1. The minimum atomic E-state index is 0.0798. The summed E-state index contributed by atoms with van der Waals surface area (Å²) in [5.74, 6) is 0.0798. The molecule has 2 fully saturated rings. The number of amides is 1. The monoisotopic (exact) mass is 342 g/mol. The first-order valence-corrected chi connectivity index (χ1v) is 9.50. The standard InChI is InChI=1S/C18H22N4OS/c1-21-10-4-7-15(21)16-8-5-11-22(16)18(23)14-12-24-17(20-14)13-6-2-3-9-19-13/h2-3,6,9,12,15-16H,4-5,7-8,10-11H2,1H3. The summed E-state index contributed by atoms with van der Waals surface area (Å²) in [5, 5.41) is 2.69. The van der Waals surface area contributed by atoms with E-state index in [2.05, 4.69) is 26.8 Å². The van der Waals surface area contributed by atoms with Gasteiger partial charge in [-0.3, -0.25) is 9.78 Å². The van der Waals surface area contributed by atoms with Crippen LogP contribution in [0.15, 0.2) is 29.8 Å². The number of carbonyl (C=O) groups is 1. The van der Waals surface area contributed by atoms with E-state index in [1.54, 1.807) is 6.20 Å². The molecule has 6 heteroatoms. The van der Waals surface area contributed by atoms with Crippen molar-refractivity contribution in [2.24, 2.45) is 0 Å². The van der Waals surface area contributed by atoms with Crippen LogP contribution in [0.5, 0.6) is 0 Å². The lowest BCUT2D eigenvalue weighted by Crippen LogP contribution is -2.47. The molecule has 0 aliphatic carbocycles. The average molecular weight is 342 g/mol. The second kappa shape index (κ2) is 6.61. The van der Waals surface area contributed by atoms with Crippen LogP contribution in [0.1, 0.15) is 36.2 Å². The van der Waals surface area contributed by atoms with E-state index in [1.165, 1.54) is 24.2 Å². The van der Waals surface area contributed by atoms with Crippen LogP contribution in [-0.4, -0.2) is 57.9 Å². The van der Waals surface area contributed by atoms with Crippen LogP contribution in [0, 0.1) is 0 Å². The maximum atomic E-state index is 13.0. The van der Waals surface area contributed by atoms with E-state index in [0.29, 0.717) is 17.8 Å². The lowest BCUT2D eigenvalue weighted by Gasteiger charge is -2.32. The van der Waals surface area contributed by atoms with Crippen molar-refractivity contribution >= 4 is 17.2 Å². The molecule has 0 saturated carbocycles. The van der Waals surface area contributed by atoms with E-state index in [1.807, 2.05) is 23.6 Å². The number of hydrogen-bond acceptors (Lipinski definition) is 5. The van der Waals surface area contributed by atoms with Crippen LogP contribution in [0.3, 0.4) is 0 Å². The molecule has 24 heavy (non-hydrogen) atoms. The van der Waals surface area contributed by atoms with Crippen molar-refractivity contribution in [3.63, 3.8) is 0 Å². The molecule has 2 aliphatic rings. The van der Waals surface area contributed by atoms with Gasteiger partial charge >= 0.3 is 0 Å². The molecule has 0 radical (unpaired) electrons. The Balaban J connectivity index is 1.54. The molecular formula is C18H22N4OS. The molecule has 126 valence electrons. The normalized spacial score (nSPS) is 24.6. The fourth-order valence-electron chi connectivity index (χ4n) is 3.99. The largest absolute Gasteiger partial charge is 0.333 e. The highest BCUT2D eigenvalue weighted by Crippen LogP contribution is 2.31. The predicted molar refractivity (Wildman–Crippen MR) is 95.1 cm³/mol. The second-order valence-electron chi connectivity index (χ2n) is 6.65. The van der Waals surface area contributed by atoms with Gasteiger partial charge in [-0.15, -0.1) is 11.3 Å². The summed E-state index contributed by atoms with van der Waals surface area (Å²) in [6, 6.07) is 6.60. The Morgan fingerprint density at radius 2 is 2.04 bits per heavy atom. The highest BCUT2D eigenvalue weighted by Gasteiger charge is 2.39. The zero-order valence-electron chi connectivity index (χ0n) is 13.9. The third-order valence-corrected chi connectivity index (χ3v) is 6.05. The maximum absolute atomic E-state index is 13.0. The van der Waals surface area contributed by atoms with Crippen molar-refractivity contribution in [3.05, 3.63) is 35.5 Å². The van der Waals surface area contributed by atoms with Gasteiger partial charge in [-0.2, -0.15) is 0 Å². The number of carbonyl (C=O) groups excluding carboxylic acids is 1. The highest BCUT2D eigenvalue weighted by molar-refractivity contribution is 7.13. The van der Waals surface area contributed by atoms with E-state index in [-0.39, 0.29) is 5.91 Å². The molecule has 2 saturated heterocycles. The molecule has 1 amide bonds. The van der Waals surface area contributed by atoms with Crippen molar-refractivity contribution < 1.29 is 4.79 Å². The van der Waals surface area contributed by atoms with Crippen molar-refractivity contribution in [1.29, 1.82) is 0 Å². The van der Waals surface area contributed by atoms with Crippen LogP contribution in [0.4, 0.5) is 0 Å². The van der Waals surface area contributed by atoms with Crippen molar-refractivity contribution in [2.45, 2.75) is 37.8 Å². The van der Waals surface area contributed by atoms with Gasteiger partial charge in [0.2, 0.25) is 0 Å². The molecule has 4 rings (SSSR count). The van der Waals surface area contributed by atoms with Crippen LogP contribution >= 0.6 is 11.3 Å². The molecule has 2 aromatic rings. The third-order valence-electron chi connectivity index (χ3n) is 5.19. The number of hydrogen-bond donors (Lipinski definition) is 0. The fraction of sp³-hybridized carbons (Fsp3) is 0.500. The topological polar surface area (TPSA) is 49.3 Å². The van der Waals surface area contributed by atoms with E-state index in [9.17, 15) is 4.79 Å². The summed E-state index contributed by atoms with van der Waals surface area (Å²) in [5.41, 5.74) is 1.39. The van der Waals surface area contributed by atoms with Crippen LogP contribution < -0.4 is 0 Å². The zero-order chi connectivity index (χ0) is 16.5. The summed E-state index contributed by atoms with van der Waals surface area (Å²) in [6.07, 6.45) is 6.39. The molecular weight excluding hydrogens is 320 g/mol. The Bertz CT molecular complexity index is 717. The van der Waals surface area contributed by atoms with E-state index in [0.717, 1.165) is 36.6 Å². The summed E-state index contributed by atoms with van der Waals surface area (Å²) in [6.45, 7) is 1.99. The Labute approximate surface area is 146 Å². The zero-order valence-corrected chi connectivity index (χ0v) is 14.7. The number of nitrogens with zero attached hydrogens (tertiary/aromatic N) is 4. The number of likely N-dealkylation sites (N-methyl/N-ethyl adjacent to an activating group) is 1. The minimum Gasteiger partial charge on any atom is -0.333 e. The summed E-state index contributed by atoms with van der Waals surface area (Å²) in [7, 11) is 2.18. The summed E-state index contributed by atoms with van der Waals surface area (Å²) in [4.78, 5) is 26.3. The first-order chi connectivity index (χ1) is 11.7. The van der Waals surface area contributed by atoms with Gasteiger partial charge in [0.15, 0.2) is 0 Å². The molecule has 0 spiro atoms. The van der Waals surface area contributed by atoms with Crippen LogP contribution in [0.25, 0.3) is 10.7 Å². The lowest BCUT2D eigenvalue weighted by molar-refractivity contribution is 0.0659. The number of aromatic nitrogens is 2. The molecule has 5 nitrogen and oxygen atoms in total. The first-order valence-electron chi connectivity index (χ1n) is 8.62. The van der Waals surface area contributed by atoms with Crippen molar-refractivity contribution in [2.75, 3.05) is 20.1 Å². The van der Waals surface area contributed by atoms with E-state index < -0.39 is 0 Å². The maximum Gasteiger partial charge on any atom is 0.273 e. The minimum absolute atomic E-state index is 0.0798. The Kier molecular flexibility index (Phi) is 4.33. The molecule has 0 N–H and O–H groups in total. The second-order valence-corrected chi connectivity index (χ2v) is 7.51. The Morgan fingerprint density at radius 1 is 1.21 bits per heavy atom. The van der Waals surface area contributed by atoms with Crippen molar-refractivity contribution in [1.82, 2.24) is 19.8 Å². The molecule has 0 bridgehead atoms. The van der Waals surface area contributed by atoms with E-state index >= 15 is 0 Å².